The molecule has 78 valence electrons. The van der Waals surface area contributed by atoms with E-state index in [2.05, 4.69) is 4.98 Å². The molecule has 1 heterocycles. The monoisotopic (exact) mass is 203 g/mol. The summed E-state index contributed by atoms with van der Waals surface area (Å²) in [6.45, 7) is -0.438. The Kier molecular flexibility index (Phi) is 3.32. The van der Waals surface area contributed by atoms with Gasteiger partial charge in [0, 0.05) is 12.1 Å². The Morgan fingerprint density at radius 3 is 2.57 bits per heavy atom. The number of aromatic nitrogens is 1. The number of aliphatic hydroxyl groups excluding tert-OH is 1. The predicted octanol–water partition coefficient (Wildman–Crippen LogP) is 0.552. The third kappa shape index (κ3) is 1.97. The van der Waals surface area contributed by atoms with E-state index in [0.29, 0.717) is 5.69 Å². The van der Waals surface area contributed by atoms with Gasteiger partial charge in [-0.15, -0.1) is 0 Å². The van der Waals surface area contributed by atoms with Crippen LogP contribution in [0.25, 0.3) is 0 Å². The van der Waals surface area contributed by atoms with Gasteiger partial charge in [0.15, 0.2) is 0 Å². The van der Waals surface area contributed by atoms with E-state index in [1.54, 1.807) is 0 Å². The second kappa shape index (κ2) is 4.30. The van der Waals surface area contributed by atoms with Crippen molar-refractivity contribution in [2.75, 3.05) is 5.73 Å². The second-order valence-corrected chi connectivity index (χ2v) is 2.73. The standard InChI is InChI=1S/C8H11F2N3O/c9-8(10)5-1-4(2-11)13-6(3-14)7(5)12/h1,8,14H,2-3,11-12H2. The Morgan fingerprint density at radius 1 is 1.50 bits per heavy atom. The largest absolute Gasteiger partial charge is 0.397 e. The normalized spacial score (nSPS) is 10.9. The lowest BCUT2D eigenvalue weighted by atomic mass is 10.1. The predicted molar refractivity (Wildman–Crippen MR) is 47.4 cm³/mol. The zero-order valence-electron chi connectivity index (χ0n) is 7.37. The van der Waals surface area contributed by atoms with Crippen molar-refractivity contribution < 1.29 is 13.9 Å². The summed E-state index contributed by atoms with van der Waals surface area (Å²) in [6, 6.07) is 1.15. The molecule has 0 atom stereocenters. The van der Waals surface area contributed by atoms with Gasteiger partial charge in [0.05, 0.1) is 23.7 Å². The lowest BCUT2D eigenvalue weighted by Crippen LogP contribution is -2.09. The molecule has 0 bridgehead atoms. The number of pyridine rings is 1. The first kappa shape index (κ1) is 10.8. The Labute approximate surface area is 79.6 Å². The minimum absolute atomic E-state index is 0.0347. The van der Waals surface area contributed by atoms with E-state index in [9.17, 15) is 8.78 Å². The Bertz CT molecular complexity index is 331. The summed E-state index contributed by atoms with van der Waals surface area (Å²) in [4.78, 5) is 3.82. The highest BCUT2D eigenvalue weighted by Gasteiger charge is 2.16. The van der Waals surface area contributed by atoms with Crippen LogP contribution in [0.2, 0.25) is 0 Å². The van der Waals surface area contributed by atoms with Crippen molar-refractivity contribution >= 4 is 5.69 Å². The van der Waals surface area contributed by atoms with E-state index in [1.807, 2.05) is 0 Å². The van der Waals surface area contributed by atoms with E-state index in [4.69, 9.17) is 16.6 Å². The van der Waals surface area contributed by atoms with Crippen LogP contribution >= 0.6 is 0 Å². The van der Waals surface area contributed by atoms with Crippen LogP contribution in [-0.4, -0.2) is 10.1 Å². The van der Waals surface area contributed by atoms with Gasteiger partial charge < -0.3 is 16.6 Å². The Morgan fingerprint density at radius 2 is 2.14 bits per heavy atom. The van der Waals surface area contributed by atoms with Crippen molar-refractivity contribution in [3.05, 3.63) is 23.0 Å². The number of halogens is 2. The molecule has 0 aliphatic rings. The third-order valence-electron chi connectivity index (χ3n) is 1.82. The number of nitrogens with two attached hydrogens (primary N) is 2. The molecule has 0 spiro atoms. The van der Waals surface area contributed by atoms with E-state index in [0.717, 1.165) is 6.07 Å². The number of hydrogen-bond acceptors (Lipinski definition) is 4. The average Bonchev–Trinajstić information content (AvgIpc) is 2.17. The fraction of sp³-hybridized carbons (Fsp3) is 0.375. The fourth-order valence-electron chi connectivity index (χ4n) is 1.10. The van der Waals surface area contributed by atoms with E-state index >= 15 is 0 Å². The third-order valence-corrected chi connectivity index (χ3v) is 1.82. The second-order valence-electron chi connectivity index (χ2n) is 2.73. The summed E-state index contributed by atoms with van der Waals surface area (Å²) in [5, 5.41) is 8.82. The first-order valence-corrected chi connectivity index (χ1v) is 3.97. The molecule has 1 aromatic rings. The smallest absolute Gasteiger partial charge is 0.265 e. The van der Waals surface area contributed by atoms with Gasteiger partial charge in [-0.2, -0.15) is 0 Å². The van der Waals surface area contributed by atoms with Gasteiger partial charge in [-0.3, -0.25) is 4.98 Å². The van der Waals surface area contributed by atoms with E-state index in [-0.39, 0.29) is 23.5 Å². The molecule has 1 aromatic heterocycles. The molecular formula is C8H11F2N3O. The highest BCUT2D eigenvalue weighted by atomic mass is 19.3. The SMILES string of the molecule is NCc1cc(C(F)F)c(N)c(CO)n1. The summed E-state index contributed by atoms with van der Waals surface area (Å²) in [5.74, 6) is 0. The number of anilines is 1. The highest BCUT2D eigenvalue weighted by molar-refractivity contribution is 5.52. The number of nitrogen functional groups attached to an aromatic ring is 1. The molecule has 6 heteroatoms. The highest BCUT2D eigenvalue weighted by Crippen LogP contribution is 2.27. The van der Waals surface area contributed by atoms with Crippen LogP contribution < -0.4 is 11.5 Å². The van der Waals surface area contributed by atoms with Gasteiger partial charge in [0.2, 0.25) is 0 Å². The molecule has 1 rings (SSSR count). The van der Waals surface area contributed by atoms with Gasteiger partial charge in [-0.1, -0.05) is 0 Å². The maximum absolute atomic E-state index is 12.4. The van der Waals surface area contributed by atoms with Crippen molar-refractivity contribution in [3.8, 4) is 0 Å². The van der Waals surface area contributed by atoms with Crippen molar-refractivity contribution in [1.82, 2.24) is 4.98 Å². The zero-order chi connectivity index (χ0) is 10.7. The van der Waals surface area contributed by atoms with E-state index in [1.165, 1.54) is 0 Å². The molecular weight excluding hydrogens is 192 g/mol. The molecule has 14 heavy (non-hydrogen) atoms. The van der Waals surface area contributed by atoms with Gasteiger partial charge in [-0.25, -0.2) is 8.78 Å². The lowest BCUT2D eigenvalue weighted by molar-refractivity contribution is 0.151. The van der Waals surface area contributed by atoms with Crippen molar-refractivity contribution in [2.45, 2.75) is 19.6 Å². The van der Waals surface area contributed by atoms with Crippen LogP contribution in [0.15, 0.2) is 6.07 Å². The summed E-state index contributed by atoms with van der Waals surface area (Å²) >= 11 is 0. The van der Waals surface area contributed by atoms with Gasteiger partial charge in [0.1, 0.15) is 0 Å². The van der Waals surface area contributed by atoms with Crippen LogP contribution in [0.1, 0.15) is 23.4 Å². The van der Waals surface area contributed by atoms with Crippen LogP contribution in [0.3, 0.4) is 0 Å². The molecule has 5 N–H and O–H groups in total. The number of alkyl halides is 2. The molecule has 4 nitrogen and oxygen atoms in total. The minimum Gasteiger partial charge on any atom is -0.397 e. The average molecular weight is 203 g/mol. The zero-order valence-corrected chi connectivity index (χ0v) is 7.37. The van der Waals surface area contributed by atoms with Crippen LogP contribution in [0.5, 0.6) is 0 Å². The molecule has 0 radical (unpaired) electrons. The minimum atomic E-state index is -2.69. The molecule has 0 aromatic carbocycles. The number of nitrogens with zero attached hydrogens (tertiary/aromatic N) is 1. The molecule has 0 unspecified atom stereocenters. The van der Waals surface area contributed by atoms with Crippen molar-refractivity contribution in [2.24, 2.45) is 5.73 Å². The summed E-state index contributed by atoms with van der Waals surface area (Å²) in [5.41, 5.74) is 10.5. The van der Waals surface area contributed by atoms with Crippen LogP contribution in [0.4, 0.5) is 14.5 Å². The Hall–Kier alpha value is -1.27. The number of aliphatic hydroxyl groups is 1. The molecule has 0 saturated carbocycles. The van der Waals surface area contributed by atoms with Gasteiger partial charge in [-0.05, 0) is 6.07 Å². The first-order valence-electron chi connectivity index (χ1n) is 3.97. The maximum Gasteiger partial charge on any atom is 0.265 e. The topological polar surface area (TPSA) is 85.2 Å². The fourth-order valence-corrected chi connectivity index (χ4v) is 1.10. The summed E-state index contributed by atoms with van der Waals surface area (Å²) in [6.07, 6.45) is -2.69. The lowest BCUT2D eigenvalue weighted by Gasteiger charge is -2.10. The quantitative estimate of drug-likeness (QED) is 0.669. The Balaban J connectivity index is 3.27. The number of hydrogen-bond donors (Lipinski definition) is 3. The van der Waals surface area contributed by atoms with Gasteiger partial charge >= 0.3 is 0 Å². The van der Waals surface area contributed by atoms with Crippen LogP contribution in [0, 0.1) is 0 Å². The number of rotatable bonds is 3. The molecule has 0 saturated heterocycles. The summed E-state index contributed by atoms with van der Waals surface area (Å²) < 4.78 is 24.9. The van der Waals surface area contributed by atoms with Crippen LogP contribution in [-0.2, 0) is 13.2 Å². The molecule has 0 amide bonds. The first-order chi connectivity index (χ1) is 6.60. The summed E-state index contributed by atoms with van der Waals surface area (Å²) in [7, 11) is 0. The molecule has 0 aliphatic carbocycles. The molecule has 0 fully saturated rings. The maximum atomic E-state index is 12.4. The van der Waals surface area contributed by atoms with Crippen molar-refractivity contribution in [1.29, 1.82) is 0 Å². The van der Waals surface area contributed by atoms with E-state index < -0.39 is 13.0 Å². The van der Waals surface area contributed by atoms with Gasteiger partial charge in [0.25, 0.3) is 6.43 Å². The van der Waals surface area contributed by atoms with Crippen molar-refractivity contribution in [3.63, 3.8) is 0 Å². The molecule has 0 aliphatic heterocycles.